The third kappa shape index (κ3) is 5.78. The van der Waals surface area contributed by atoms with Crippen molar-refractivity contribution in [2.45, 2.75) is 89.8 Å². The number of thioether (sulfide) groups is 1. The maximum absolute atomic E-state index is 11.7. The van der Waals surface area contributed by atoms with Crippen molar-refractivity contribution in [2.75, 3.05) is 13.7 Å². The molecule has 3 rings (SSSR count). The van der Waals surface area contributed by atoms with Crippen LogP contribution in [0.3, 0.4) is 0 Å². The van der Waals surface area contributed by atoms with Gasteiger partial charge in [0.25, 0.3) is 0 Å². The van der Waals surface area contributed by atoms with E-state index in [1.807, 2.05) is 6.08 Å². The Bertz CT molecular complexity index is 853. The summed E-state index contributed by atoms with van der Waals surface area (Å²) in [6, 6.07) is 0. The van der Waals surface area contributed by atoms with E-state index in [2.05, 4.69) is 19.9 Å². The molecule has 0 N–H and O–H groups in total. The van der Waals surface area contributed by atoms with E-state index < -0.39 is 42.5 Å². The van der Waals surface area contributed by atoms with Gasteiger partial charge in [-0.3, -0.25) is 14.4 Å². The van der Waals surface area contributed by atoms with Gasteiger partial charge in [0.15, 0.2) is 6.10 Å². The van der Waals surface area contributed by atoms with Crippen molar-refractivity contribution in [1.29, 1.82) is 0 Å². The molecule has 0 radical (unpaired) electrons. The maximum atomic E-state index is 11.7. The first-order chi connectivity index (χ1) is 16.1. The molecule has 2 saturated heterocycles. The SMILES string of the molecule is CCC1SC2=C(O[C@H]3C[C@@H](OC(C)=O)[C@@H](OC(C)=O)[C@@H](COC(C)=O)O3)C=C[C@@]1([C@@H](C)OC)C2. The molecule has 2 bridgehead atoms. The van der Waals surface area contributed by atoms with Gasteiger partial charge in [-0.1, -0.05) is 13.0 Å². The van der Waals surface area contributed by atoms with E-state index >= 15 is 0 Å². The first kappa shape index (κ1) is 26.6. The van der Waals surface area contributed by atoms with Crippen LogP contribution in [-0.2, 0) is 42.8 Å². The second kappa shape index (κ2) is 11.1. The average Bonchev–Trinajstić information content (AvgIpc) is 3.08. The molecule has 10 heteroatoms. The van der Waals surface area contributed by atoms with Crippen LogP contribution in [-0.4, -0.2) is 67.6 Å². The Morgan fingerprint density at radius 3 is 2.47 bits per heavy atom. The van der Waals surface area contributed by atoms with Crippen molar-refractivity contribution in [1.82, 2.24) is 0 Å². The number of fused-ring (bicyclic) bond motifs is 2. The van der Waals surface area contributed by atoms with Gasteiger partial charge in [0.2, 0.25) is 6.29 Å². The highest BCUT2D eigenvalue weighted by Crippen LogP contribution is 2.58. The minimum atomic E-state index is -0.930. The second-order valence-corrected chi connectivity index (χ2v) is 10.1. The van der Waals surface area contributed by atoms with Gasteiger partial charge < -0.3 is 28.4 Å². The summed E-state index contributed by atoms with van der Waals surface area (Å²) < 4.78 is 34.0. The molecule has 1 aliphatic carbocycles. The largest absolute Gasteiger partial charge is 0.464 e. The first-order valence-corrected chi connectivity index (χ1v) is 12.4. The fourth-order valence-electron chi connectivity index (χ4n) is 4.79. The lowest BCUT2D eigenvalue weighted by Crippen LogP contribution is -2.54. The van der Waals surface area contributed by atoms with Gasteiger partial charge in [0, 0.05) is 43.5 Å². The number of allylic oxidation sites excluding steroid dienone is 2. The van der Waals surface area contributed by atoms with Crippen LogP contribution in [0, 0.1) is 5.41 Å². The summed E-state index contributed by atoms with van der Waals surface area (Å²) in [4.78, 5) is 36.0. The zero-order chi connectivity index (χ0) is 25.0. The molecule has 190 valence electrons. The summed E-state index contributed by atoms with van der Waals surface area (Å²) in [5.41, 5.74) is -0.0949. The lowest BCUT2D eigenvalue weighted by molar-refractivity contribution is -0.256. The molecule has 0 aromatic carbocycles. The third-order valence-electron chi connectivity index (χ3n) is 6.46. The monoisotopic (exact) mass is 498 g/mol. The predicted octanol–water partition coefficient (Wildman–Crippen LogP) is 3.26. The van der Waals surface area contributed by atoms with Crippen LogP contribution in [0.1, 0.15) is 53.9 Å². The number of ether oxygens (including phenoxy) is 6. The second-order valence-electron chi connectivity index (χ2n) is 8.78. The molecule has 2 aliphatic heterocycles. The summed E-state index contributed by atoms with van der Waals surface area (Å²) >= 11 is 1.79. The summed E-state index contributed by atoms with van der Waals surface area (Å²) in [6.07, 6.45) is 2.73. The average molecular weight is 499 g/mol. The fourth-order valence-corrected chi connectivity index (χ4v) is 6.44. The van der Waals surface area contributed by atoms with Crippen molar-refractivity contribution in [3.63, 3.8) is 0 Å². The highest BCUT2D eigenvalue weighted by molar-refractivity contribution is 8.04. The molecule has 1 unspecified atom stereocenters. The van der Waals surface area contributed by atoms with Gasteiger partial charge in [0.05, 0.1) is 12.5 Å². The van der Waals surface area contributed by atoms with E-state index in [0.717, 1.165) is 17.7 Å². The molecule has 0 aromatic rings. The molecular formula is C24H34O9S. The molecule has 2 fully saturated rings. The zero-order valence-electron chi connectivity index (χ0n) is 20.5. The zero-order valence-corrected chi connectivity index (χ0v) is 21.3. The van der Waals surface area contributed by atoms with Crippen LogP contribution >= 0.6 is 11.8 Å². The van der Waals surface area contributed by atoms with Crippen molar-refractivity contribution in [3.05, 3.63) is 22.8 Å². The number of carbonyl (C=O) groups is 3. The van der Waals surface area contributed by atoms with Crippen LogP contribution < -0.4 is 0 Å². The normalized spacial score (nSPS) is 33.3. The first-order valence-electron chi connectivity index (χ1n) is 11.5. The van der Waals surface area contributed by atoms with Crippen molar-refractivity contribution in [2.24, 2.45) is 5.41 Å². The minimum Gasteiger partial charge on any atom is -0.464 e. The fraction of sp³-hybridized carbons (Fsp3) is 0.708. The smallest absolute Gasteiger partial charge is 0.303 e. The number of hydrogen-bond acceptors (Lipinski definition) is 10. The van der Waals surface area contributed by atoms with E-state index in [1.165, 1.54) is 20.8 Å². The Balaban J connectivity index is 1.82. The lowest BCUT2D eigenvalue weighted by Gasteiger charge is -2.40. The summed E-state index contributed by atoms with van der Waals surface area (Å²) in [7, 11) is 1.73. The van der Waals surface area contributed by atoms with E-state index in [9.17, 15) is 14.4 Å². The highest BCUT2D eigenvalue weighted by atomic mass is 32.2. The molecule has 0 spiro atoms. The molecule has 9 nitrogen and oxygen atoms in total. The minimum absolute atomic E-state index is 0.0529. The topological polar surface area (TPSA) is 107 Å². The number of hydrogen-bond donors (Lipinski definition) is 0. The molecular weight excluding hydrogens is 464 g/mol. The Morgan fingerprint density at radius 1 is 1.18 bits per heavy atom. The Hall–Kier alpha value is -2.04. The number of esters is 3. The molecule has 2 heterocycles. The van der Waals surface area contributed by atoms with E-state index in [1.54, 1.807) is 18.9 Å². The number of methoxy groups -OCH3 is 1. The van der Waals surface area contributed by atoms with E-state index in [-0.39, 0.29) is 24.5 Å². The summed E-state index contributed by atoms with van der Waals surface area (Å²) in [5.74, 6) is -0.892. The molecule has 0 amide bonds. The van der Waals surface area contributed by atoms with Gasteiger partial charge in [-0.25, -0.2) is 0 Å². The van der Waals surface area contributed by atoms with Gasteiger partial charge in [-0.2, -0.15) is 0 Å². The quantitative estimate of drug-likeness (QED) is 0.347. The maximum Gasteiger partial charge on any atom is 0.303 e. The lowest BCUT2D eigenvalue weighted by atomic mass is 9.73. The molecule has 0 saturated carbocycles. The van der Waals surface area contributed by atoms with Crippen LogP contribution in [0.5, 0.6) is 0 Å². The summed E-state index contributed by atoms with van der Waals surface area (Å²) in [5, 5.41) is 0.362. The summed E-state index contributed by atoms with van der Waals surface area (Å²) in [6.45, 7) is 7.89. The molecule has 0 aromatic heterocycles. The highest BCUT2D eigenvalue weighted by Gasteiger charge is 2.51. The number of carbonyl (C=O) groups excluding carboxylic acids is 3. The van der Waals surface area contributed by atoms with Crippen molar-refractivity contribution in [3.8, 4) is 0 Å². The number of rotatable bonds is 9. The van der Waals surface area contributed by atoms with Crippen LogP contribution in [0.4, 0.5) is 0 Å². The Kier molecular flexibility index (Phi) is 8.70. The van der Waals surface area contributed by atoms with Gasteiger partial charge >= 0.3 is 17.9 Å². The standard InChI is InChI=1S/C24H34O9S/c1-7-21-24(13(2)28-6)9-8-17(20(11-24)34-21)32-22-10-18(30-15(4)26)23(31-16(5)27)19(33-22)12-29-14(3)25/h8-9,13,18-19,21-23H,7,10-12H2,1-6H3/t13-,18-,19-,21?,22-,23-,24+/m1/s1. The molecule has 7 atom stereocenters. The van der Waals surface area contributed by atoms with E-state index in [4.69, 9.17) is 28.4 Å². The van der Waals surface area contributed by atoms with Crippen molar-refractivity contribution < 1.29 is 42.8 Å². The van der Waals surface area contributed by atoms with Crippen LogP contribution in [0.15, 0.2) is 22.8 Å². The Morgan fingerprint density at radius 2 is 1.88 bits per heavy atom. The van der Waals surface area contributed by atoms with Gasteiger partial charge in [-0.05, 0) is 25.8 Å². The van der Waals surface area contributed by atoms with Crippen molar-refractivity contribution >= 4 is 29.7 Å². The third-order valence-corrected chi connectivity index (χ3v) is 8.15. The van der Waals surface area contributed by atoms with E-state index in [0.29, 0.717) is 11.0 Å². The molecule has 3 aliphatic rings. The van der Waals surface area contributed by atoms with Gasteiger partial charge in [0.1, 0.15) is 24.6 Å². The Labute approximate surface area is 204 Å². The van der Waals surface area contributed by atoms with Crippen LogP contribution in [0.25, 0.3) is 0 Å². The predicted molar refractivity (Wildman–Crippen MR) is 123 cm³/mol. The van der Waals surface area contributed by atoms with Gasteiger partial charge in [-0.15, -0.1) is 11.8 Å². The molecule has 34 heavy (non-hydrogen) atoms. The van der Waals surface area contributed by atoms with Crippen LogP contribution in [0.2, 0.25) is 0 Å².